The summed E-state index contributed by atoms with van der Waals surface area (Å²) in [4.78, 5) is 16.7. The molecule has 8 heteroatoms. The van der Waals surface area contributed by atoms with Gasteiger partial charge in [0.2, 0.25) is 10.0 Å². The van der Waals surface area contributed by atoms with Crippen LogP contribution in [-0.4, -0.2) is 61.2 Å². The SMILES string of the molecule is CS(=O)(=O)N1CCN(c2ccc(C(=O)O)cn2)CC1. The van der Waals surface area contributed by atoms with E-state index in [0.29, 0.717) is 32.0 Å². The molecule has 19 heavy (non-hydrogen) atoms. The number of hydrogen-bond donors (Lipinski definition) is 1. The van der Waals surface area contributed by atoms with Crippen LogP contribution in [0.25, 0.3) is 0 Å². The molecule has 1 fully saturated rings. The number of rotatable bonds is 3. The second-order valence-electron chi connectivity index (χ2n) is 4.36. The summed E-state index contributed by atoms with van der Waals surface area (Å²) in [5.41, 5.74) is 0.138. The zero-order valence-corrected chi connectivity index (χ0v) is 11.3. The van der Waals surface area contributed by atoms with Crippen LogP contribution >= 0.6 is 0 Å². The molecule has 1 aromatic rings. The standard InChI is InChI=1S/C11H15N3O4S/c1-19(17,18)14-6-4-13(5-7-14)10-3-2-9(8-12-10)11(15)16/h2-3,8H,4-7H2,1H3,(H,15,16). The molecule has 0 aliphatic carbocycles. The molecule has 0 spiro atoms. The van der Waals surface area contributed by atoms with Crippen molar-refractivity contribution in [1.29, 1.82) is 0 Å². The third kappa shape index (κ3) is 3.21. The van der Waals surface area contributed by atoms with E-state index in [1.807, 2.05) is 4.90 Å². The molecule has 0 radical (unpaired) electrons. The van der Waals surface area contributed by atoms with Gasteiger partial charge in [-0.25, -0.2) is 18.2 Å². The fraction of sp³-hybridized carbons (Fsp3) is 0.455. The summed E-state index contributed by atoms with van der Waals surface area (Å²) < 4.78 is 24.2. The number of piperazine rings is 1. The van der Waals surface area contributed by atoms with Gasteiger partial charge in [-0.05, 0) is 12.1 Å². The lowest BCUT2D eigenvalue weighted by molar-refractivity contribution is 0.0696. The molecule has 1 N–H and O–H groups in total. The first-order chi connectivity index (χ1) is 8.88. The zero-order chi connectivity index (χ0) is 14.0. The maximum Gasteiger partial charge on any atom is 0.337 e. The average Bonchev–Trinajstić information content (AvgIpc) is 2.38. The summed E-state index contributed by atoms with van der Waals surface area (Å²) in [6, 6.07) is 3.13. The van der Waals surface area contributed by atoms with Crippen LogP contribution in [0.2, 0.25) is 0 Å². The maximum atomic E-state index is 11.4. The van der Waals surface area contributed by atoms with E-state index in [9.17, 15) is 13.2 Å². The van der Waals surface area contributed by atoms with Crippen molar-refractivity contribution in [3.63, 3.8) is 0 Å². The third-order valence-electron chi connectivity index (χ3n) is 3.03. The highest BCUT2D eigenvalue weighted by molar-refractivity contribution is 7.88. The van der Waals surface area contributed by atoms with Crippen LogP contribution in [-0.2, 0) is 10.0 Å². The molecule has 0 aromatic carbocycles. The van der Waals surface area contributed by atoms with Crippen molar-refractivity contribution in [2.75, 3.05) is 37.3 Å². The fourth-order valence-electron chi connectivity index (χ4n) is 1.95. The number of anilines is 1. The molecule has 0 atom stereocenters. The van der Waals surface area contributed by atoms with Crippen molar-refractivity contribution >= 4 is 21.8 Å². The van der Waals surface area contributed by atoms with Gasteiger partial charge in [-0.15, -0.1) is 0 Å². The van der Waals surface area contributed by atoms with Gasteiger partial charge in [0.15, 0.2) is 0 Å². The molecule has 1 aliphatic heterocycles. The van der Waals surface area contributed by atoms with Gasteiger partial charge in [0.25, 0.3) is 0 Å². The Morgan fingerprint density at radius 3 is 2.32 bits per heavy atom. The Hall–Kier alpha value is -1.67. The van der Waals surface area contributed by atoms with E-state index in [2.05, 4.69) is 4.98 Å². The van der Waals surface area contributed by atoms with Crippen LogP contribution in [0.4, 0.5) is 5.82 Å². The molecule has 104 valence electrons. The fourth-order valence-corrected chi connectivity index (χ4v) is 2.78. The van der Waals surface area contributed by atoms with Gasteiger partial charge in [-0.3, -0.25) is 0 Å². The largest absolute Gasteiger partial charge is 0.478 e. The molecule has 0 bridgehead atoms. The predicted molar refractivity (Wildman–Crippen MR) is 69.8 cm³/mol. The first kappa shape index (κ1) is 13.8. The van der Waals surface area contributed by atoms with Crippen LogP contribution in [0.15, 0.2) is 18.3 Å². The minimum absolute atomic E-state index is 0.138. The second-order valence-corrected chi connectivity index (χ2v) is 6.34. The second kappa shape index (κ2) is 5.14. The normalized spacial score (nSPS) is 17.4. The molecule has 2 rings (SSSR count). The Balaban J connectivity index is 2.03. The average molecular weight is 285 g/mol. The summed E-state index contributed by atoms with van der Waals surface area (Å²) in [5, 5.41) is 8.78. The van der Waals surface area contributed by atoms with Gasteiger partial charge >= 0.3 is 5.97 Å². The number of aromatic nitrogens is 1. The molecule has 1 aromatic heterocycles. The van der Waals surface area contributed by atoms with E-state index in [1.54, 1.807) is 6.07 Å². The van der Waals surface area contributed by atoms with E-state index in [1.165, 1.54) is 22.8 Å². The number of carbonyl (C=O) groups is 1. The molecule has 0 amide bonds. The van der Waals surface area contributed by atoms with Crippen molar-refractivity contribution in [1.82, 2.24) is 9.29 Å². The van der Waals surface area contributed by atoms with Gasteiger partial charge in [0.1, 0.15) is 5.82 Å². The number of sulfonamides is 1. The minimum Gasteiger partial charge on any atom is -0.478 e. The van der Waals surface area contributed by atoms with Gasteiger partial charge in [-0.1, -0.05) is 0 Å². The Labute approximate surface area is 111 Å². The van der Waals surface area contributed by atoms with Gasteiger partial charge in [-0.2, -0.15) is 4.31 Å². The quantitative estimate of drug-likeness (QED) is 0.831. The van der Waals surface area contributed by atoms with E-state index in [-0.39, 0.29) is 5.56 Å². The van der Waals surface area contributed by atoms with Crippen molar-refractivity contribution in [2.24, 2.45) is 0 Å². The minimum atomic E-state index is -3.14. The Kier molecular flexibility index (Phi) is 3.72. The van der Waals surface area contributed by atoms with Crippen LogP contribution in [0, 0.1) is 0 Å². The summed E-state index contributed by atoms with van der Waals surface area (Å²) in [6.07, 6.45) is 2.50. The Morgan fingerprint density at radius 2 is 1.89 bits per heavy atom. The smallest absolute Gasteiger partial charge is 0.337 e. The Bertz CT molecular complexity index is 562. The molecular formula is C11H15N3O4S. The topological polar surface area (TPSA) is 90.8 Å². The first-order valence-corrected chi connectivity index (χ1v) is 7.62. The van der Waals surface area contributed by atoms with Gasteiger partial charge in [0, 0.05) is 32.4 Å². The highest BCUT2D eigenvalue weighted by atomic mass is 32.2. The van der Waals surface area contributed by atoms with Crippen LogP contribution < -0.4 is 4.90 Å². The summed E-state index contributed by atoms with van der Waals surface area (Å²) in [6.45, 7) is 1.93. The van der Waals surface area contributed by atoms with Crippen molar-refractivity contribution in [3.8, 4) is 0 Å². The zero-order valence-electron chi connectivity index (χ0n) is 10.5. The lowest BCUT2D eigenvalue weighted by atomic mass is 10.2. The molecule has 0 unspecified atom stereocenters. The van der Waals surface area contributed by atoms with E-state index >= 15 is 0 Å². The van der Waals surface area contributed by atoms with Gasteiger partial charge < -0.3 is 10.0 Å². The number of aromatic carboxylic acids is 1. The van der Waals surface area contributed by atoms with Crippen LogP contribution in [0.1, 0.15) is 10.4 Å². The number of carboxylic acids is 1. The molecule has 1 saturated heterocycles. The third-order valence-corrected chi connectivity index (χ3v) is 4.33. The lowest BCUT2D eigenvalue weighted by Crippen LogP contribution is -2.48. The lowest BCUT2D eigenvalue weighted by Gasteiger charge is -2.33. The van der Waals surface area contributed by atoms with Crippen molar-refractivity contribution < 1.29 is 18.3 Å². The van der Waals surface area contributed by atoms with Crippen LogP contribution in [0.5, 0.6) is 0 Å². The highest BCUT2D eigenvalue weighted by Crippen LogP contribution is 2.15. The monoisotopic (exact) mass is 285 g/mol. The van der Waals surface area contributed by atoms with E-state index < -0.39 is 16.0 Å². The number of pyridine rings is 1. The number of hydrogen-bond acceptors (Lipinski definition) is 5. The van der Waals surface area contributed by atoms with E-state index in [0.717, 1.165) is 0 Å². The van der Waals surface area contributed by atoms with Gasteiger partial charge in [0.05, 0.1) is 11.8 Å². The van der Waals surface area contributed by atoms with Crippen molar-refractivity contribution in [3.05, 3.63) is 23.9 Å². The summed E-state index contributed by atoms with van der Waals surface area (Å²) in [5.74, 6) is -0.348. The maximum absolute atomic E-state index is 11.4. The molecule has 7 nitrogen and oxygen atoms in total. The molecule has 2 heterocycles. The summed E-state index contributed by atoms with van der Waals surface area (Å²) in [7, 11) is -3.14. The molecule has 0 saturated carbocycles. The summed E-state index contributed by atoms with van der Waals surface area (Å²) >= 11 is 0. The van der Waals surface area contributed by atoms with Crippen molar-refractivity contribution in [2.45, 2.75) is 0 Å². The molecule has 1 aliphatic rings. The highest BCUT2D eigenvalue weighted by Gasteiger charge is 2.23. The number of nitrogens with zero attached hydrogens (tertiary/aromatic N) is 3. The first-order valence-electron chi connectivity index (χ1n) is 5.77. The Morgan fingerprint density at radius 1 is 1.26 bits per heavy atom. The predicted octanol–water partition coefficient (Wildman–Crippen LogP) is -0.139. The number of carboxylic acid groups (broad SMARTS) is 1. The molecular weight excluding hydrogens is 270 g/mol. The van der Waals surface area contributed by atoms with E-state index in [4.69, 9.17) is 5.11 Å². The van der Waals surface area contributed by atoms with Crippen LogP contribution in [0.3, 0.4) is 0 Å².